The summed E-state index contributed by atoms with van der Waals surface area (Å²) < 4.78 is 6.73. The van der Waals surface area contributed by atoms with E-state index in [1.165, 1.54) is 21.5 Å². The summed E-state index contributed by atoms with van der Waals surface area (Å²) in [4.78, 5) is 2.39. The smallest absolute Gasteiger partial charge is 0.143 e. The third-order valence-corrected chi connectivity index (χ3v) is 9.06. The molecule has 216 valence electrons. The van der Waals surface area contributed by atoms with E-state index in [0.717, 1.165) is 61.3 Å². The van der Waals surface area contributed by atoms with Crippen molar-refractivity contribution in [3.63, 3.8) is 0 Å². The summed E-state index contributed by atoms with van der Waals surface area (Å²) in [6, 6.07) is 62.6. The highest BCUT2D eigenvalue weighted by Crippen LogP contribution is 2.44. The van der Waals surface area contributed by atoms with Crippen LogP contribution in [0.3, 0.4) is 0 Å². The summed E-state index contributed by atoms with van der Waals surface area (Å²) in [6.07, 6.45) is 0. The fourth-order valence-electron chi connectivity index (χ4n) is 6.90. The summed E-state index contributed by atoms with van der Waals surface area (Å²) in [5.41, 5.74) is 9.69. The standard InChI is InChI=1S/C44H29NO/c1-2-12-32(13-3-1)37-20-10-22-39-40-23-11-21-38(44(40)46-43(37)39)33-26-28-34(29-27-33)45(41-24-8-16-30-14-4-6-18-35(30)41)42-25-9-17-31-15-5-7-19-36(31)42/h1-29H. The van der Waals surface area contributed by atoms with E-state index in [0.29, 0.717) is 0 Å². The minimum atomic E-state index is 0.911. The number of rotatable bonds is 5. The molecule has 0 aliphatic rings. The highest BCUT2D eigenvalue weighted by atomic mass is 16.3. The zero-order valence-corrected chi connectivity index (χ0v) is 25.1. The van der Waals surface area contributed by atoms with Crippen molar-refractivity contribution in [1.29, 1.82) is 0 Å². The van der Waals surface area contributed by atoms with E-state index in [-0.39, 0.29) is 0 Å². The van der Waals surface area contributed by atoms with E-state index in [9.17, 15) is 0 Å². The lowest BCUT2D eigenvalue weighted by molar-refractivity contribution is 0.671. The average molecular weight is 588 g/mol. The Bertz CT molecular complexity index is 2440. The first kappa shape index (κ1) is 26.3. The minimum absolute atomic E-state index is 0.911. The molecule has 0 aliphatic carbocycles. The molecule has 0 amide bonds. The summed E-state index contributed by atoms with van der Waals surface area (Å²) >= 11 is 0. The molecule has 0 atom stereocenters. The third kappa shape index (κ3) is 4.27. The van der Waals surface area contributed by atoms with E-state index in [1.54, 1.807) is 0 Å². The lowest BCUT2D eigenvalue weighted by atomic mass is 9.99. The van der Waals surface area contributed by atoms with Gasteiger partial charge in [-0.15, -0.1) is 0 Å². The molecule has 0 bridgehead atoms. The zero-order valence-electron chi connectivity index (χ0n) is 25.1. The van der Waals surface area contributed by atoms with Crippen LogP contribution in [0.15, 0.2) is 180 Å². The van der Waals surface area contributed by atoms with Gasteiger partial charge in [0.15, 0.2) is 0 Å². The number of hydrogen-bond donors (Lipinski definition) is 0. The van der Waals surface area contributed by atoms with Crippen LogP contribution < -0.4 is 4.90 Å². The van der Waals surface area contributed by atoms with Crippen molar-refractivity contribution < 1.29 is 4.42 Å². The fourth-order valence-corrected chi connectivity index (χ4v) is 6.90. The lowest BCUT2D eigenvalue weighted by Gasteiger charge is -2.28. The van der Waals surface area contributed by atoms with Gasteiger partial charge in [0, 0.05) is 38.4 Å². The van der Waals surface area contributed by atoms with Crippen LogP contribution in [0, 0.1) is 0 Å². The predicted molar refractivity (Wildman–Crippen MR) is 194 cm³/mol. The van der Waals surface area contributed by atoms with E-state index in [4.69, 9.17) is 4.42 Å². The molecule has 1 aromatic heterocycles. The molecule has 2 nitrogen and oxygen atoms in total. The summed E-state index contributed by atoms with van der Waals surface area (Å²) in [5, 5.41) is 7.11. The number of benzene rings is 8. The maximum atomic E-state index is 6.73. The molecule has 0 saturated heterocycles. The third-order valence-electron chi connectivity index (χ3n) is 9.06. The van der Waals surface area contributed by atoms with Crippen molar-refractivity contribution in [1.82, 2.24) is 0 Å². The SMILES string of the molecule is c1ccc(-c2cccc3c2oc2c(-c4ccc(N(c5cccc6ccccc56)c5cccc6ccccc56)cc4)cccc23)cc1. The first-order valence-corrected chi connectivity index (χ1v) is 15.7. The number of furan rings is 1. The number of nitrogens with zero attached hydrogens (tertiary/aromatic N) is 1. The Morgan fingerprint density at radius 3 is 1.33 bits per heavy atom. The maximum absolute atomic E-state index is 6.73. The van der Waals surface area contributed by atoms with Gasteiger partial charge in [0.1, 0.15) is 11.2 Å². The van der Waals surface area contributed by atoms with Crippen molar-refractivity contribution >= 4 is 60.5 Å². The molecule has 8 aromatic carbocycles. The van der Waals surface area contributed by atoms with E-state index in [1.807, 2.05) is 6.07 Å². The molecule has 9 rings (SSSR count). The monoisotopic (exact) mass is 587 g/mol. The lowest BCUT2D eigenvalue weighted by Crippen LogP contribution is -2.11. The Balaban J connectivity index is 1.21. The second-order valence-electron chi connectivity index (χ2n) is 11.7. The highest BCUT2D eigenvalue weighted by Gasteiger charge is 2.19. The number of para-hydroxylation sites is 2. The Labute approximate surface area is 267 Å². The topological polar surface area (TPSA) is 16.4 Å². The Kier molecular flexibility index (Phi) is 6.17. The molecule has 1 heterocycles. The molecule has 46 heavy (non-hydrogen) atoms. The summed E-state index contributed by atoms with van der Waals surface area (Å²) in [5.74, 6) is 0. The Morgan fingerprint density at radius 1 is 0.326 bits per heavy atom. The van der Waals surface area contributed by atoms with E-state index < -0.39 is 0 Å². The zero-order chi connectivity index (χ0) is 30.5. The van der Waals surface area contributed by atoms with Crippen LogP contribution >= 0.6 is 0 Å². The van der Waals surface area contributed by atoms with E-state index >= 15 is 0 Å². The summed E-state index contributed by atoms with van der Waals surface area (Å²) in [6.45, 7) is 0. The largest absolute Gasteiger partial charge is 0.455 e. The van der Waals surface area contributed by atoms with Crippen molar-refractivity contribution in [2.45, 2.75) is 0 Å². The van der Waals surface area contributed by atoms with Gasteiger partial charge in [0.05, 0.1) is 11.4 Å². The first-order valence-electron chi connectivity index (χ1n) is 15.7. The molecule has 0 fully saturated rings. The number of anilines is 3. The van der Waals surface area contributed by atoms with Crippen LogP contribution in [0.4, 0.5) is 17.1 Å². The van der Waals surface area contributed by atoms with Crippen LogP contribution in [0.25, 0.3) is 65.7 Å². The van der Waals surface area contributed by atoms with Crippen LogP contribution in [0.5, 0.6) is 0 Å². The summed E-state index contributed by atoms with van der Waals surface area (Å²) in [7, 11) is 0. The molecule has 9 aromatic rings. The van der Waals surface area contributed by atoms with Crippen LogP contribution in [-0.2, 0) is 0 Å². The minimum Gasteiger partial charge on any atom is -0.455 e. The second kappa shape index (κ2) is 10.8. The highest BCUT2D eigenvalue weighted by molar-refractivity contribution is 6.13. The second-order valence-corrected chi connectivity index (χ2v) is 11.7. The molecule has 0 N–H and O–H groups in total. The normalized spacial score (nSPS) is 11.5. The van der Waals surface area contributed by atoms with Crippen molar-refractivity contribution in [3.05, 3.63) is 176 Å². The molecule has 0 radical (unpaired) electrons. The Hall–Kier alpha value is -6.12. The van der Waals surface area contributed by atoms with Gasteiger partial charge in [-0.1, -0.05) is 152 Å². The van der Waals surface area contributed by atoms with Crippen molar-refractivity contribution in [3.8, 4) is 22.3 Å². The van der Waals surface area contributed by atoms with Crippen LogP contribution in [0.1, 0.15) is 0 Å². The quantitative estimate of drug-likeness (QED) is 0.199. The Morgan fingerprint density at radius 2 is 0.761 bits per heavy atom. The maximum Gasteiger partial charge on any atom is 0.143 e. The number of hydrogen-bond acceptors (Lipinski definition) is 2. The fraction of sp³-hybridized carbons (Fsp3) is 0. The molecular formula is C44H29NO. The van der Waals surface area contributed by atoms with Gasteiger partial charge in [0.2, 0.25) is 0 Å². The van der Waals surface area contributed by atoms with Gasteiger partial charge in [0.25, 0.3) is 0 Å². The van der Waals surface area contributed by atoms with Crippen LogP contribution in [-0.4, -0.2) is 0 Å². The van der Waals surface area contributed by atoms with Gasteiger partial charge in [-0.25, -0.2) is 0 Å². The molecule has 0 spiro atoms. The predicted octanol–water partition coefficient (Wildman–Crippen LogP) is 12.7. The molecule has 0 saturated carbocycles. The number of fused-ring (bicyclic) bond motifs is 5. The molecule has 2 heteroatoms. The van der Waals surface area contributed by atoms with Gasteiger partial charge in [-0.05, 0) is 46.2 Å². The van der Waals surface area contributed by atoms with Crippen molar-refractivity contribution in [2.75, 3.05) is 4.90 Å². The van der Waals surface area contributed by atoms with Crippen LogP contribution in [0.2, 0.25) is 0 Å². The van der Waals surface area contributed by atoms with Gasteiger partial charge >= 0.3 is 0 Å². The molecule has 0 aliphatic heterocycles. The van der Waals surface area contributed by atoms with Crippen molar-refractivity contribution in [2.24, 2.45) is 0 Å². The molecule has 0 unspecified atom stereocenters. The van der Waals surface area contributed by atoms with E-state index in [2.05, 4.69) is 175 Å². The van der Waals surface area contributed by atoms with Gasteiger partial charge in [-0.3, -0.25) is 0 Å². The average Bonchev–Trinajstić information content (AvgIpc) is 3.52. The van der Waals surface area contributed by atoms with Gasteiger partial charge in [-0.2, -0.15) is 0 Å². The van der Waals surface area contributed by atoms with Gasteiger partial charge < -0.3 is 9.32 Å². The molecular weight excluding hydrogens is 558 g/mol. The first-order chi connectivity index (χ1) is 22.8.